The van der Waals surface area contributed by atoms with Crippen molar-refractivity contribution < 1.29 is 19.4 Å². The lowest BCUT2D eigenvalue weighted by Crippen LogP contribution is -2.42. The third kappa shape index (κ3) is 4.00. The van der Waals surface area contributed by atoms with Gasteiger partial charge < -0.3 is 15.2 Å². The number of aliphatic carboxylic acids is 1. The summed E-state index contributed by atoms with van der Waals surface area (Å²) in [7, 11) is 0. The van der Waals surface area contributed by atoms with E-state index in [9.17, 15) is 9.59 Å². The van der Waals surface area contributed by atoms with Gasteiger partial charge in [-0.15, -0.1) is 0 Å². The number of carboxylic acid groups (broad SMARTS) is 1. The normalized spacial score (nSPS) is 24.6. The van der Waals surface area contributed by atoms with Gasteiger partial charge >= 0.3 is 5.97 Å². The molecule has 0 aromatic rings. The van der Waals surface area contributed by atoms with Crippen molar-refractivity contribution in [1.82, 2.24) is 5.32 Å². The first-order chi connectivity index (χ1) is 7.75. The number of amides is 1. The summed E-state index contributed by atoms with van der Waals surface area (Å²) < 4.78 is 5.54. The van der Waals surface area contributed by atoms with Crippen LogP contribution < -0.4 is 5.32 Å². The number of hydrogen-bond acceptors (Lipinski definition) is 3. The number of rotatable bonds is 5. The molecule has 1 unspecified atom stereocenters. The lowest BCUT2D eigenvalue weighted by Gasteiger charge is -2.25. The van der Waals surface area contributed by atoms with Crippen LogP contribution in [0.4, 0.5) is 0 Å². The van der Waals surface area contributed by atoms with Gasteiger partial charge in [0.2, 0.25) is 5.91 Å². The molecule has 1 aliphatic rings. The van der Waals surface area contributed by atoms with Crippen LogP contribution in [-0.4, -0.2) is 35.7 Å². The number of ether oxygens (including phenoxy) is 1. The number of hydrogen-bond donors (Lipinski definition) is 2. The van der Waals surface area contributed by atoms with Gasteiger partial charge in [-0.3, -0.25) is 9.59 Å². The van der Waals surface area contributed by atoms with Crippen LogP contribution in [0.15, 0.2) is 0 Å². The maximum Gasteiger partial charge on any atom is 0.309 e. The summed E-state index contributed by atoms with van der Waals surface area (Å²) in [6, 6.07) is 0. The zero-order valence-corrected chi connectivity index (χ0v) is 10.7. The van der Waals surface area contributed by atoms with Gasteiger partial charge in [0.05, 0.1) is 11.0 Å². The minimum Gasteiger partial charge on any atom is -0.481 e. The van der Waals surface area contributed by atoms with E-state index in [1.807, 2.05) is 6.92 Å². The summed E-state index contributed by atoms with van der Waals surface area (Å²) in [5.74, 6) is -1.20. The fourth-order valence-electron chi connectivity index (χ4n) is 1.80. The van der Waals surface area contributed by atoms with Gasteiger partial charge in [0.1, 0.15) is 0 Å². The average molecular weight is 243 g/mol. The fourth-order valence-corrected chi connectivity index (χ4v) is 1.80. The first kappa shape index (κ1) is 14.0. The predicted molar refractivity (Wildman–Crippen MR) is 62.6 cm³/mol. The highest BCUT2D eigenvalue weighted by atomic mass is 16.5. The standard InChI is InChI=1S/C12H21NO4/c1-11(2,10(15)16)7-9(14)13-8-12(3)5-4-6-17-12/h4-8H2,1-3H3,(H,13,14)(H,15,16). The van der Waals surface area contributed by atoms with E-state index in [-0.39, 0.29) is 17.9 Å². The van der Waals surface area contributed by atoms with E-state index in [1.165, 1.54) is 0 Å². The lowest BCUT2D eigenvalue weighted by molar-refractivity contribution is -0.149. The molecule has 1 atom stereocenters. The van der Waals surface area contributed by atoms with E-state index < -0.39 is 11.4 Å². The molecule has 0 radical (unpaired) electrons. The summed E-state index contributed by atoms with van der Waals surface area (Å²) in [4.78, 5) is 22.5. The Hall–Kier alpha value is -1.10. The quantitative estimate of drug-likeness (QED) is 0.760. The molecule has 1 rings (SSSR count). The van der Waals surface area contributed by atoms with Crippen molar-refractivity contribution in [3.05, 3.63) is 0 Å². The van der Waals surface area contributed by atoms with Gasteiger partial charge in [0.25, 0.3) is 0 Å². The van der Waals surface area contributed by atoms with E-state index >= 15 is 0 Å². The van der Waals surface area contributed by atoms with Crippen LogP contribution in [0.5, 0.6) is 0 Å². The first-order valence-corrected chi connectivity index (χ1v) is 5.89. The predicted octanol–water partition coefficient (Wildman–Crippen LogP) is 1.17. The second-order valence-corrected chi connectivity index (χ2v) is 5.54. The molecule has 1 saturated heterocycles. The maximum absolute atomic E-state index is 11.6. The average Bonchev–Trinajstić information content (AvgIpc) is 2.62. The van der Waals surface area contributed by atoms with Crippen molar-refractivity contribution >= 4 is 11.9 Å². The molecule has 0 aliphatic carbocycles. The highest BCUT2D eigenvalue weighted by Crippen LogP contribution is 2.24. The van der Waals surface area contributed by atoms with Crippen molar-refractivity contribution in [2.75, 3.05) is 13.2 Å². The molecule has 1 heterocycles. The second kappa shape index (κ2) is 5.04. The monoisotopic (exact) mass is 243 g/mol. The second-order valence-electron chi connectivity index (χ2n) is 5.54. The Bertz CT molecular complexity index is 306. The third-order valence-electron chi connectivity index (χ3n) is 3.14. The Morgan fingerprint density at radius 2 is 2.12 bits per heavy atom. The molecule has 0 saturated carbocycles. The maximum atomic E-state index is 11.6. The Balaban J connectivity index is 2.37. The van der Waals surface area contributed by atoms with Crippen molar-refractivity contribution in [1.29, 1.82) is 0 Å². The molecule has 1 amide bonds. The molecular weight excluding hydrogens is 222 g/mol. The minimum absolute atomic E-state index is 0.0155. The van der Waals surface area contributed by atoms with Gasteiger partial charge in [0.15, 0.2) is 0 Å². The largest absolute Gasteiger partial charge is 0.481 e. The summed E-state index contributed by atoms with van der Waals surface area (Å²) in [5.41, 5.74) is -1.31. The summed E-state index contributed by atoms with van der Waals surface area (Å²) in [5, 5.41) is 11.7. The van der Waals surface area contributed by atoms with Crippen LogP contribution >= 0.6 is 0 Å². The van der Waals surface area contributed by atoms with E-state index in [1.54, 1.807) is 13.8 Å². The van der Waals surface area contributed by atoms with Crippen LogP contribution in [0.1, 0.15) is 40.0 Å². The van der Waals surface area contributed by atoms with Gasteiger partial charge in [-0.25, -0.2) is 0 Å². The molecule has 5 nitrogen and oxygen atoms in total. The molecule has 0 aromatic carbocycles. The van der Waals surface area contributed by atoms with E-state index in [2.05, 4.69) is 5.32 Å². The van der Waals surface area contributed by atoms with Crippen molar-refractivity contribution in [2.24, 2.45) is 5.41 Å². The first-order valence-electron chi connectivity index (χ1n) is 5.89. The van der Waals surface area contributed by atoms with Gasteiger partial charge in [0, 0.05) is 19.6 Å². The summed E-state index contributed by atoms with van der Waals surface area (Å²) in [6.45, 7) is 6.22. The van der Waals surface area contributed by atoms with E-state index in [0.717, 1.165) is 19.4 Å². The topological polar surface area (TPSA) is 75.6 Å². The smallest absolute Gasteiger partial charge is 0.309 e. The highest BCUT2D eigenvalue weighted by Gasteiger charge is 2.33. The van der Waals surface area contributed by atoms with E-state index in [4.69, 9.17) is 9.84 Å². The number of carbonyl (C=O) groups is 2. The van der Waals surface area contributed by atoms with E-state index in [0.29, 0.717) is 6.54 Å². The van der Waals surface area contributed by atoms with Crippen LogP contribution in [0.2, 0.25) is 0 Å². The van der Waals surface area contributed by atoms with Crippen molar-refractivity contribution in [2.45, 2.75) is 45.6 Å². The molecular formula is C12H21NO4. The third-order valence-corrected chi connectivity index (χ3v) is 3.14. The summed E-state index contributed by atoms with van der Waals surface area (Å²) in [6.07, 6.45) is 1.92. The Kier molecular flexibility index (Phi) is 4.14. The highest BCUT2D eigenvalue weighted by molar-refractivity contribution is 5.84. The van der Waals surface area contributed by atoms with Gasteiger partial charge in [-0.2, -0.15) is 0 Å². The van der Waals surface area contributed by atoms with Crippen molar-refractivity contribution in [3.63, 3.8) is 0 Å². The fraction of sp³-hybridized carbons (Fsp3) is 0.833. The number of carbonyl (C=O) groups excluding carboxylic acids is 1. The molecule has 0 aromatic heterocycles. The van der Waals surface area contributed by atoms with Crippen LogP contribution in [0.25, 0.3) is 0 Å². The van der Waals surface area contributed by atoms with Crippen molar-refractivity contribution in [3.8, 4) is 0 Å². The molecule has 1 fully saturated rings. The number of nitrogens with one attached hydrogen (secondary N) is 1. The molecule has 2 N–H and O–H groups in total. The Morgan fingerprint density at radius 1 is 1.47 bits per heavy atom. The van der Waals surface area contributed by atoms with Gasteiger partial charge in [-0.1, -0.05) is 0 Å². The minimum atomic E-state index is -1.03. The molecule has 5 heteroatoms. The van der Waals surface area contributed by atoms with Crippen LogP contribution in [-0.2, 0) is 14.3 Å². The molecule has 98 valence electrons. The molecule has 17 heavy (non-hydrogen) atoms. The Morgan fingerprint density at radius 3 is 2.59 bits per heavy atom. The Labute approximate surface area is 102 Å². The molecule has 0 spiro atoms. The number of carboxylic acids is 1. The van der Waals surface area contributed by atoms with Gasteiger partial charge in [-0.05, 0) is 33.6 Å². The zero-order valence-electron chi connectivity index (χ0n) is 10.7. The molecule has 1 aliphatic heterocycles. The van der Waals surface area contributed by atoms with Crippen LogP contribution in [0, 0.1) is 5.41 Å². The molecule has 0 bridgehead atoms. The zero-order chi connectivity index (χ0) is 13.1. The summed E-state index contributed by atoms with van der Waals surface area (Å²) >= 11 is 0. The van der Waals surface area contributed by atoms with Crippen LogP contribution in [0.3, 0.4) is 0 Å². The SMILES string of the molecule is CC1(CNC(=O)CC(C)(C)C(=O)O)CCCO1. The lowest BCUT2D eigenvalue weighted by atomic mass is 9.89.